The van der Waals surface area contributed by atoms with E-state index in [0.29, 0.717) is 13.1 Å². The Morgan fingerprint density at radius 3 is 2.29 bits per heavy atom. The van der Waals surface area contributed by atoms with E-state index in [0.717, 1.165) is 12.8 Å². The van der Waals surface area contributed by atoms with Crippen LogP contribution in [0.15, 0.2) is 0 Å². The molecule has 1 unspecified atom stereocenters. The maximum atomic E-state index is 12.0. The highest BCUT2D eigenvalue weighted by Gasteiger charge is 2.32. The Balaban J connectivity index is 0.00000191. The number of carbonyl (C=O) groups excluding carboxylic acids is 2. The second-order valence-corrected chi connectivity index (χ2v) is 5.78. The van der Waals surface area contributed by atoms with Gasteiger partial charge in [-0.3, -0.25) is 9.63 Å². The van der Waals surface area contributed by atoms with Crippen LogP contribution in [0.1, 0.15) is 47.5 Å². The highest BCUT2D eigenvalue weighted by molar-refractivity contribution is 5.79. The zero-order valence-corrected chi connectivity index (χ0v) is 14.4. The van der Waals surface area contributed by atoms with E-state index in [2.05, 4.69) is 0 Å². The number of amides is 2. The predicted molar refractivity (Wildman–Crippen MR) is 81.7 cm³/mol. The van der Waals surface area contributed by atoms with Gasteiger partial charge in [0.05, 0.1) is 13.0 Å². The van der Waals surface area contributed by atoms with Gasteiger partial charge in [0.15, 0.2) is 0 Å². The minimum absolute atomic E-state index is 0.101. The number of ether oxygens (including phenoxy) is 1. The summed E-state index contributed by atoms with van der Waals surface area (Å²) in [6, 6.07) is 0. The molecule has 1 atom stereocenters. The minimum atomic E-state index is -0.517. The van der Waals surface area contributed by atoms with Gasteiger partial charge in [-0.05, 0) is 33.6 Å². The molecule has 0 aromatic carbocycles. The molecule has 0 N–H and O–H groups in total. The average molecular weight is 302 g/mol. The summed E-state index contributed by atoms with van der Waals surface area (Å²) >= 11 is 0. The van der Waals surface area contributed by atoms with Gasteiger partial charge in [0.1, 0.15) is 5.60 Å². The molecule has 1 aliphatic rings. The summed E-state index contributed by atoms with van der Waals surface area (Å²) in [5.41, 5.74) is -0.517. The molecule has 0 bridgehead atoms. The largest absolute Gasteiger partial charge is 0.444 e. The summed E-state index contributed by atoms with van der Waals surface area (Å²) in [5.74, 6) is -0.318. The van der Waals surface area contributed by atoms with Crippen LogP contribution in [-0.4, -0.2) is 54.8 Å². The lowest BCUT2D eigenvalue weighted by atomic mass is 9.97. The Morgan fingerprint density at radius 1 is 1.24 bits per heavy atom. The van der Waals surface area contributed by atoms with Gasteiger partial charge in [-0.25, -0.2) is 9.86 Å². The molecule has 124 valence electrons. The van der Waals surface area contributed by atoms with Gasteiger partial charge in [-0.1, -0.05) is 13.8 Å². The van der Waals surface area contributed by atoms with Gasteiger partial charge in [0.2, 0.25) is 0 Å². The fourth-order valence-corrected chi connectivity index (χ4v) is 2.02. The zero-order chi connectivity index (χ0) is 16.6. The maximum Gasteiger partial charge on any atom is 0.410 e. The Morgan fingerprint density at radius 2 is 1.81 bits per heavy atom. The van der Waals surface area contributed by atoms with Crippen molar-refractivity contribution in [3.05, 3.63) is 0 Å². The van der Waals surface area contributed by atoms with E-state index in [1.54, 1.807) is 11.9 Å². The Bertz CT molecular complexity index is 339. The molecule has 0 radical (unpaired) electrons. The minimum Gasteiger partial charge on any atom is -0.444 e. The average Bonchev–Trinajstić information content (AvgIpc) is 2.46. The summed E-state index contributed by atoms with van der Waals surface area (Å²) in [4.78, 5) is 30.5. The van der Waals surface area contributed by atoms with Gasteiger partial charge in [0.25, 0.3) is 5.91 Å². The molecule has 1 rings (SSSR count). The van der Waals surface area contributed by atoms with E-state index in [1.165, 1.54) is 12.2 Å². The van der Waals surface area contributed by atoms with Crippen LogP contribution in [0.4, 0.5) is 4.79 Å². The van der Waals surface area contributed by atoms with Crippen LogP contribution in [0.25, 0.3) is 0 Å². The molecule has 6 heteroatoms. The zero-order valence-electron chi connectivity index (χ0n) is 14.4. The summed E-state index contributed by atoms with van der Waals surface area (Å²) < 4.78 is 5.32. The number of hydrogen-bond donors (Lipinski definition) is 0. The second kappa shape index (κ2) is 8.87. The lowest BCUT2D eigenvalue weighted by Gasteiger charge is -2.34. The molecule has 2 amide bonds. The van der Waals surface area contributed by atoms with Crippen LogP contribution in [-0.2, 0) is 14.4 Å². The van der Waals surface area contributed by atoms with E-state index >= 15 is 0 Å². The van der Waals surface area contributed by atoms with Crippen molar-refractivity contribution in [2.45, 2.75) is 53.1 Å². The van der Waals surface area contributed by atoms with E-state index in [1.807, 2.05) is 34.6 Å². The molecule has 1 saturated heterocycles. The summed E-state index contributed by atoms with van der Waals surface area (Å²) in [7, 11) is 3.03. The number of hydrogen-bond acceptors (Lipinski definition) is 4. The Kier molecular flexibility index (Phi) is 8.32. The van der Waals surface area contributed by atoms with Gasteiger partial charge >= 0.3 is 6.09 Å². The number of hydroxylamine groups is 2. The summed E-state index contributed by atoms with van der Waals surface area (Å²) in [6.07, 6.45) is 1.21. The standard InChI is InChI=1S/C13H24N2O4.C2H6/c1-13(2,3)19-12(17)15-8-6-7-10(9-15)11(16)14(4)18-5;1-2/h10H,6-9H2,1-5H3;1-2H3. The van der Waals surface area contributed by atoms with Crippen molar-refractivity contribution >= 4 is 12.0 Å². The lowest BCUT2D eigenvalue weighted by molar-refractivity contribution is -0.174. The monoisotopic (exact) mass is 302 g/mol. The molecule has 0 saturated carbocycles. The van der Waals surface area contributed by atoms with Crippen LogP contribution in [0.5, 0.6) is 0 Å². The molecule has 1 heterocycles. The lowest BCUT2D eigenvalue weighted by Crippen LogP contribution is -2.47. The molecular weight excluding hydrogens is 272 g/mol. The quantitative estimate of drug-likeness (QED) is 0.736. The Labute approximate surface area is 128 Å². The van der Waals surface area contributed by atoms with Gasteiger partial charge in [-0.2, -0.15) is 0 Å². The second-order valence-electron chi connectivity index (χ2n) is 5.78. The highest BCUT2D eigenvalue weighted by Crippen LogP contribution is 2.20. The smallest absolute Gasteiger partial charge is 0.410 e. The van der Waals surface area contributed by atoms with Crippen molar-refractivity contribution in [1.29, 1.82) is 0 Å². The number of likely N-dealkylation sites (tertiary alicyclic amines) is 1. The third-order valence-electron chi connectivity index (χ3n) is 3.01. The molecular formula is C15H30N2O4. The number of piperidine rings is 1. The van der Waals surface area contributed by atoms with Gasteiger partial charge in [-0.15, -0.1) is 0 Å². The number of nitrogens with zero attached hydrogens (tertiary/aromatic N) is 2. The van der Waals surface area contributed by atoms with Gasteiger partial charge in [0, 0.05) is 20.1 Å². The van der Waals surface area contributed by atoms with Crippen molar-refractivity contribution in [3.63, 3.8) is 0 Å². The maximum absolute atomic E-state index is 12.0. The topological polar surface area (TPSA) is 59.1 Å². The summed E-state index contributed by atoms with van der Waals surface area (Å²) in [6.45, 7) is 10.5. The van der Waals surface area contributed by atoms with E-state index in [9.17, 15) is 9.59 Å². The highest BCUT2D eigenvalue weighted by atomic mass is 16.7. The van der Waals surface area contributed by atoms with Crippen molar-refractivity contribution in [2.24, 2.45) is 5.92 Å². The van der Waals surface area contributed by atoms with Crippen molar-refractivity contribution in [2.75, 3.05) is 27.2 Å². The predicted octanol–water partition coefficient (Wildman–Crippen LogP) is 2.68. The van der Waals surface area contributed by atoms with Crippen LogP contribution < -0.4 is 0 Å². The van der Waals surface area contributed by atoms with Crippen LogP contribution in [0, 0.1) is 5.92 Å². The van der Waals surface area contributed by atoms with Crippen LogP contribution >= 0.6 is 0 Å². The van der Waals surface area contributed by atoms with E-state index < -0.39 is 5.60 Å². The van der Waals surface area contributed by atoms with E-state index in [-0.39, 0.29) is 17.9 Å². The fourth-order valence-electron chi connectivity index (χ4n) is 2.02. The third-order valence-corrected chi connectivity index (χ3v) is 3.01. The SMILES string of the molecule is CC.CON(C)C(=O)C1CCCN(C(=O)OC(C)(C)C)C1. The van der Waals surface area contributed by atoms with E-state index in [4.69, 9.17) is 9.57 Å². The number of rotatable bonds is 2. The molecule has 0 aliphatic carbocycles. The Hall–Kier alpha value is -1.30. The molecule has 21 heavy (non-hydrogen) atoms. The summed E-state index contributed by atoms with van der Waals surface area (Å²) in [5, 5.41) is 1.21. The molecule has 0 spiro atoms. The first kappa shape index (κ1) is 19.7. The van der Waals surface area contributed by atoms with Crippen LogP contribution in [0.3, 0.4) is 0 Å². The molecule has 6 nitrogen and oxygen atoms in total. The van der Waals surface area contributed by atoms with Crippen molar-refractivity contribution in [3.8, 4) is 0 Å². The first-order valence-corrected chi connectivity index (χ1v) is 7.54. The number of carbonyl (C=O) groups is 2. The first-order valence-electron chi connectivity index (χ1n) is 7.54. The normalized spacial score (nSPS) is 18.4. The first-order chi connectivity index (χ1) is 9.74. The third kappa shape index (κ3) is 6.80. The molecule has 1 aliphatic heterocycles. The van der Waals surface area contributed by atoms with Crippen LogP contribution in [0.2, 0.25) is 0 Å². The van der Waals surface area contributed by atoms with Gasteiger partial charge < -0.3 is 9.64 Å². The van der Waals surface area contributed by atoms with Crippen molar-refractivity contribution < 1.29 is 19.2 Å². The van der Waals surface area contributed by atoms with Crippen molar-refractivity contribution in [1.82, 2.24) is 9.96 Å². The fraction of sp³-hybridized carbons (Fsp3) is 0.867. The molecule has 0 aromatic rings. The molecule has 1 fully saturated rings. The molecule has 0 aromatic heterocycles.